The molecule has 1 unspecified atom stereocenters. The predicted octanol–water partition coefficient (Wildman–Crippen LogP) is 1.91. The van der Waals surface area contributed by atoms with E-state index < -0.39 is 9.84 Å². The number of sulfone groups is 1. The van der Waals surface area contributed by atoms with Crippen LogP contribution in [-0.4, -0.2) is 54.8 Å². The summed E-state index contributed by atoms with van der Waals surface area (Å²) >= 11 is 0. The molecule has 10 heteroatoms. The third-order valence-electron chi connectivity index (χ3n) is 4.29. The second-order valence-corrected chi connectivity index (χ2v) is 8.71. The van der Waals surface area contributed by atoms with Crippen LogP contribution in [0.15, 0.2) is 41.5 Å². The highest BCUT2D eigenvalue weighted by atomic mass is 127. The molecule has 2 heterocycles. The normalized spacial score (nSPS) is 18.5. The van der Waals surface area contributed by atoms with Crippen molar-refractivity contribution in [3.8, 4) is 5.69 Å². The van der Waals surface area contributed by atoms with E-state index in [-0.39, 0.29) is 47.3 Å². The van der Waals surface area contributed by atoms with Gasteiger partial charge in [-0.1, -0.05) is 0 Å². The summed E-state index contributed by atoms with van der Waals surface area (Å²) < 4.78 is 37.9. The van der Waals surface area contributed by atoms with Crippen LogP contribution >= 0.6 is 24.0 Å². The van der Waals surface area contributed by atoms with E-state index in [9.17, 15) is 12.8 Å². The first-order valence-corrected chi connectivity index (χ1v) is 10.8. The minimum atomic E-state index is -2.93. The topological polar surface area (TPSA) is 88.4 Å². The molecule has 1 aromatic carbocycles. The first-order valence-electron chi connectivity index (χ1n) is 9.01. The van der Waals surface area contributed by atoms with E-state index in [0.717, 1.165) is 11.4 Å². The fraction of sp³-hybridized carbons (Fsp3) is 0.444. The average Bonchev–Trinajstić information content (AvgIpc) is 3.22. The van der Waals surface area contributed by atoms with E-state index in [2.05, 4.69) is 20.7 Å². The van der Waals surface area contributed by atoms with Gasteiger partial charge in [0.15, 0.2) is 15.8 Å². The van der Waals surface area contributed by atoms with Gasteiger partial charge in [-0.2, -0.15) is 5.10 Å². The highest BCUT2D eigenvalue weighted by Crippen LogP contribution is 2.11. The second kappa shape index (κ2) is 10.2. The Kier molecular flexibility index (Phi) is 8.23. The van der Waals surface area contributed by atoms with Gasteiger partial charge in [0.2, 0.25) is 0 Å². The standard InChI is InChI=1S/C18H24FN5O2S.HI/c1-2-20-18(22-16-9-12-27(25,26)13-16)21-10-7-15-8-11-24(23-15)17-5-3-14(19)4-6-17;/h3-6,8,11,16H,2,7,9-10,12-13H2,1H3,(H2,20,21,22);1H. The van der Waals surface area contributed by atoms with Crippen LogP contribution in [0.2, 0.25) is 0 Å². The number of halogens is 2. The van der Waals surface area contributed by atoms with Crippen molar-refractivity contribution in [1.82, 2.24) is 20.4 Å². The lowest BCUT2D eigenvalue weighted by molar-refractivity contribution is 0.599. The molecular weight excluding hydrogens is 496 g/mol. The van der Waals surface area contributed by atoms with Gasteiger partial charge in [0, 0.05) is 31.7 Å². The molecule has 2 aromatic rings. The van der Waals surface area contributed by atoms with E-state index in [1.54, 1.807) is 16.8 Å². The van der Waals surface area contributed by atoms with Crippen molar-refractivity contribution in [3.05, 3.63) is 48.0 Å². The molecule has 1 aliphatic rings. The Hall–Kier alpha value is -1.69. The summed E-state index contributed by atoms with van der Waals surface area (Å²) in [6, 6.07) is 7.96. The molecule has 1 aromatic heterocycles. The van der Waals surface area contributed by atoms with Crippen LogP contribution in [0.25, 0.3) is 5.69 Å². The molecule has 0 bridgehead atoms. The van der Waals surface area contributed by atoms with Crippen molar-refractivity contribution in [1.29, 1.82) is 0 Å². The number of guanidine groups is 1. The van der Waals surface area contributed by atoms with Crippen molar-refractivity contribution < 1.29 is 12.8 Å². The quantitative estimate of drug-likeness (QED) is 0.345. The summed E-state index contributed by atoms with van der Waals surface area (Å²) in [5, 5.41) is 10.8. The minimum Gasteiger partial charge on any atom is -0.357 e. The zero-order chi connectivity index (χ0) is 19.3. The lowest BCUT2D eigenvalue weighted by atomic mass is 10.3. The van der Waals surface area contributed by atoms with Gasteiger partial charge in [-0.05, 0) is 43.7 Å². The molecule has 0 radical (unpaired) electrons. The molecule has 0 saturated carbocycles. The molecular formula is C18H25FIN5O2S. The van der Waals surface area contributed by atoms with E-state index in [1.165, 1.54) is 12.1 Å². The van der Waals surface area contributed by atoms with E-state index in [1.807, 2.05) is 19.2 Å². The Bertz CT molecular complexity index is 899. The fourth-order valence-electron chi connectivity index (χ4n) is 2.94. The molecule has 7 nitrogen and oxygen atoms in total. The summed E-state index contributed by atoms with van der Waals surface area (Å²) in [5.74, 6) is 0.723. The predicted molar refractivity (Wildman–Crippen MR) is 119 cm³/mol. The SMILES string of the molecule is CCNC(=NCCc1ccn(-c2ccc(F)cc2)n1)NC1CCS(=O)(=O)C1.I. The number of hydrogen-bond acceptors (Lipinski definition) is 4. The summed E-state index contributed by atoms with van der Waals surface area (Å²) in [6.07, 6.45) is 3.09. The Morgan fingerprint density at radius 1 is 1.32 bits per heavy atom. The molecule has 154 valence electrons. The van der Waals surface area contributed by atoms with Crippen LogP contribution in [0.5, 0.6) is 0 Å². The average molecular weight is 521 g/mol. The van der Waals surface area contributed by atoms with Crippen molar-refractivity contribution in [3.63, 3.8) is 0 Å². The Labute approximate surface area is 181 Å². The Balaban J connectivity index is 0.00000280. The number of nitrogens with one attached hydrogen (secondary N) is 2. The monoisotopic (exact) mass is 521 g/mol. The molecule has 28 heavy (non-hydrogen) atoms. The van der Waals surface area contributed by atoms with Gasteiger partial charge in [0.05, 0.1) is 22.9 Å². The lowest BCUT2D eigenvalue weighted by Gasteiger charge is -2.15. The largest absolute Gasteiger partial charge is 0.357 e. The van der Waals surface area contributed by atoms with Gasteiger partial charge in [-0.3, -0.25) is 4.99 Å². The van der Waals surface area contributed by atoms with E-state index >= 15 is 0 Å². The van der Waals surface area contributed by atoms with E-state index in [4.69, 9.17) is 0 Å². The van der Waals surface area contributed by atoms with E-state index in [0.29, 0.717) is 31.9 Å². The Morgan fingerprint density at radius 3 is 2.71 bits per heavy atom. The molecule has 2 N–H and O–H groups in total. The van der Waals surface area contributed by atoms with Crippen LogP contribution < -0.4 is 10.6 Å². The van der Waals surface area contributed by atoms with Crippen LogP contribution in [0.4, 0.5) is 4.39 Å². The fourth-order valence-corrected chi connectivity index (χ4v) is 4.61. The summed E-state index contributed by atoms with van der Waals surface area (Å²) in [5.41, 5.74) is 1.67. The number of aliphatic imine (C=N–C) groups is 1. The van der Waals surface area contributed by atoms with Gasteiger partial charge in [-0.15, -0.1) is 24.0 Å². The first kappa shape index (κ1) is 22.6. The highest BCUT2D eigenvalue weighted by Gasteiger charge is 2.28. The smallest absolute Gasteiger partial charge is 0.191 e. The zero-order valence-corrected chi connectivity index (χ0v) is 18.8. The minimum absolute atomic E-state index is 0. The van der Waals surface area contributed by atoms with Gasteiger partial charge >= 0.3 is 0 Å². The summed E-state index contributed by atoms with van der Waals surface area (Å²) in [7, 11) is -2.93. The highest BCUT2D eigenvalue weighted by molar-refractivity contribution is 14.0. The van der Waals surface area contributed by atoms with Crippen LogP contribution in [0.1, 0.15) is 19.0 Å². The Morgan fingerprint density at radius 2 is 2.07 bits per heavy atom. The molecule has 1 fully saturated rings. The van der Waals surface area contributed by atoms with Gasteiger partial charge in [-0.25, -0.2) is 17.5 Å². The molecule has 1 aliphatic heterocycles. The summed E-state index contributed by atoms with van der Waals surface area (Å²) in [4.78, 5) is 4.51. The molecule has 0 spiro atoms. The van der Waals surface area contributed by atoms with Crippen LogP contribution in [0, 0.1) is 5.82 Å². The number of aromatic nitrogens is 2. The number of benzene rings is 1. The van der Waals surface area contributed by atoms with Gasteiger partial charge in [0.25, 0.3) is 0 Å². The molecule has 3 rings (SSSR count). The number of hydrogen-bond donors (Lipinski definition) is 2. The maximum absolute atomic E-state index is 13.0. The third-order valence-corrected chi connectivity index (χ3v) is 6.06. The molecule has 1 saturated heterocycles. The molecule has 0 aliphatic carbocycles. The van der Waals surface area contributed by atoms with Crippen molar-refractivity contribution >= 4 is 39.8 Å². The number of rotatable bonds is 6. The maximum atomic E-state index is 13.0. The third kappa shape index (κ3) is 6.43. The van der Waals surface area contributed by atoms with Crippen molar-refractivity contribution in [2.24, 2.45) is 4.99 Å². The molecule has 0 amide bonds. The molecule has 1 atom stereocenters. The van der Waals surface area contributed by atoms with Gasteiger partial charge < -0.3 is 10.6 Å². The van der Waals surface area contributed by atoms with Gasteiger partial charge in [0.1, 0.15) is 5.82 Å². The second-order valence-electron chi connectivity index (χ2n) is 6.48. The maximum Gasteiger partial charge on any atom is 0.191 e. The first-order chi connectivity index (χ1) is 12.9. The van der Waals surface area contributed by atoms with Crippen molar-refractivity contribution in [2.45, 2.75) is 25.8 Å². The van der Waals surface area contributed by atoms with Crippen LogP contribution in [0.3, 0.4) is 0 Å². The van der Waals surface area contributed by atoms with Crippen molar-refractivity contribution in [2.75, 3.05) is 24.6 Å². The summed E-state index contributed by atoms with van der Waals surface area (Å²) in [6.45, 7) is 3.19. The lowest BCUT2D eigenvalue weighted by Crippen LogP contribution is -2.44. The zero-order valence-electron chi connectivity index (χ0n) is 15.6. The number of nitrogens with zero attached hydrogens (tertiary/aromatic N) is 3. The van der Waals surface area contributed by atoms with Crippen LogP contribution in [-0.2, 0) is 16.3 Å².